The molecule has 1 aromatic heterocycles. The van der Waals surface area contributed by atoms with Crippen LogP contribution in [0.2, 0.25) is 0 Å². The van der Waals surface area contributed by atoms with Crippen LogP contribution >= 0.6 is 0 Å². The number of imidazole rings is 1. The molecule has 0 radical (unpaired) electrons. The van der Waals surface area contributed by atoms with Crippen LogP contribution in [0.4, 0.5) is 0 Å². The van der Waals surface area contributed by atoms with Crippen LogP contribution in [0.3, 0.4) is 0 Å². The first-order valence-electron chi connectivity index (χ1n) is 6.06. The Morgan fingerprint density at radius 1 is 1.41 bits per heavy atom. The summed E-state index contributed by atoms with van der Waals surface area (Å²) in [5, 5.41) is 9.37. The number of nitrogens with zero attached hydrogens (tertiary/aromatic N) is 1. The molecule has 0 aliphatic heterocycles. The van der Waals surface area contributed by atoms with Gasteiger partial charge in [-0.2, -0.15) is 0 Å². The molecular weight excluding hydrogens is 214 g/mol. The molecule has 1 atom stereocenters. The smallest absolute Gasteiger partial charge is 0.117 e. The van der Waals surface area contributed by atoms with E-state index in [1.54, 1.807) is 12.1 Å². The molecule has 1 unspecified atom stereocenters. The van der Waals surface area contributed by atoms with E-state index in [1.165, 1.54) is 0 Å². The van der Waals surface area contributed by atoms with Crippen molar-refractivity contribution in [1.82, 2.24) is 9.97 Å². The molecule has 4 heteroatoms. The van der Waals surface area contributed by atoms with Crippen LogP contribution in [0.25, 0.3) is 11.0 Å². The molecule has 17 heavy (non-hydrogen) atoms. The van der Waals surface area contributed by atoms with Crippen LogP contribution in [-0.4, -0.2) is 21.6 Å². The Kier molecular flexibility index (Phi) is 3.64. The Labute approximate surface area is 101 Å². The molecule has 0 aliphatic carbocycles. The molecule has 0 bridgehead atoms. The average Bonchev–Trinajstić information content (AvgIpc) is 2.68. The van der Waals surface area contributed by atoms with Gasteiger partial charge in [0.1, 0.15) is 11.6 Å². The fourth-order valence-electron chi connectivity index (χ4n) is 1.98. The van der Waals surface area contributed by atoms with Crippen molar-refractivity contribution in [2.24, 2.45) is 11.7 Å². The lowest BCUT2D eigenvalue weighted by molar-refractivity contribution is 0.476. The number of nitrogens with two attached hydrogens (primary N) is 1. The summed E-state index contributed by atoms with van der Waals surface area (Å²) in [5.74, 6) is 1.88. The molecule has 1 heterocycles. The number of phenolic OH excluding ortho intramolecular Hbond substituents is 1. The Morgan fingerprint density at radius 2 is 2.24 bits per heavy atom. The minimum Gasteiger partial charge on any atom is -0.508 e. The minimum absolute atomic E-state index is 0.268. The SMILES string of the molecule is CC(CCN)CCc1nc2ccc(O)cc2[nH]1. The molecule has 0 spiro atoms. The lowest BCUT2D eigenvalue weighted by Crippen LogP contribution is -2.06. The van der Waals surface area contributed by atoms with E-state index in [-0.39, 0.29) is 5.75 Å². The van der Waals surface area contributed by atoms with Gasteiger partial charge in [-0.25, -0.2) is 4.98 Å². The quantitative estimate of drug-likeness (QED) is 0.741. The number of hydrogen-bond donors (Lipinski definition) is 3. The second-order valence-corrected chi connectivity index (χ2v) is 4.61. The third-order valence-corrected chi connectivity index (χ3v) is 3.05. The number of aryl methyl sites for hydroxylation is 1. The van der Waals surface area contributed by atoms with Crippen molar-refractivity contribution in [3.63, 3.8) is 0 Å². The molecule has 0 saturated carbocycles. The highest BCUT2D eigenvalue weighted by atomic mass is 16.3. The topological polar surface area (TPSA) is 74.9 Å². The number of aromatic hydroxyl groups is 1. The summed E-state index contributed by atoms with van der Waals surface area (Å²) >= 11 is 0. The molecule has 0 saturated heterocycles. The second kappa shape index (κ2) is 5.19. The molecule has 0 aliphatic rings. The number of phenols is 1. The Bertz CT molecular complexity index is 492. The summed E-state index contributed by atoms with van der Waals surface area (Å²) < 4.78 is 0. The largest absolute Gasteiger partial charge is 0.508 e. The molecular formula is C13H19N3O. The van der Waals surface area contributed by atoms with Gasteiger partial charge in [0.05, 0.1) is 11.0 Å². The molecule has 92 valence electrons. The summed E-state index contributed by atoms with van der Waals surface area (Å²) in [6.45, 7) is 2.95. The van der Waals surface area contributed by atoms with E-state index < -0.39 is 0 Å². The van der Waals surface area contributed by atoms with Crippen LogP contribution in [-0.2, 0) is 6.42 Å². The van der Waals surface area contributed by atoms with E-state index in [9.17, 15) is 5.11 Å². The van der Waals surface area contributed by atoms with Gasteiger partial charge in [0.25, 0.3) is 0 Å². The van der Waals surface area contributed by atoms with Crippen LogP contribution in [0.5, 0.6) is 5.75 Å². The van der Waals surface area contributed by atoms with E-state index >= 15 is 0 Å². The van der Waals surface area contributed by atoms with Crippen molar-refractivity contribution in [3.8, 4) is 5.75 Å². The van der Waals surface area contributed by atoms with Crippen molar-refractivity contribution in [2.75, 3.05) is 6.54 Å². The first-order valence-corrected chi connectivity index (χ1v) is 6.06. The molecule has 2 rings (SSSR count). The standard InChI is InChI=1S/C13H19N3O/c1-9(6-7-14)2-5-13-15-11-4-3-10(17)8-12(11)16-13/h3-4,8-9,17H,2,5-7,14H2,1H3,(H,15,16). The number of aromatic amines is 1. The van der Waals surface area contributed by atoms with Gasteiger partial charge in [0.15, 0.2) is 0 Å². The number of H-pyrrole nitrogens is 1. The average molecular weight is 233 g/mol. The van der Waals surface area contributed by atoms with Crippen molar-refractivity contribution in [2.45, 2.75) is 26.2 Å². The maximum atomic E-state index is 9.37. The van der Waals surface area contributed by atoms with Gasteiger partial charge in [-0.05, 0) is 37.4 Å². The van der Waals surface area contributed by atoms with Crippen LogP contribution in [0.1, 0.15) is 25.6 Å². The zero-order chi connectivity index (χ0) is 12.3. The molecule has 4 nitrogen and oxygen atoms in total. The summed E-state index contributed by atoms with van der Waals surface area (Å²) in [4.78, 5) is 7.72. The predicted molar refractivity (Wildman–Crippen MR) is 68.9 cm³/mol. The van der Waals surface area contributed by atoms with E-state index in [1.807, 2.05) is 6.07 Å². The molecule has 2 aromatic rings. The van der Waals surface area contributed by atoms with E-state index in [0.717, 1.165) is 42.7 Å². The van der Waals surface area contributed by atoms with Crippen LogP contribution < -0.4 is 5.73 Å². The number of rotatable bonds is 5. The van der Waals surface area contributed by atoms with Gasteiger partial charge < -0.3 is 15.8 Å². The Hall–Kier alpha value is -1.55. The maximum Gasteiger partial charge on any atom is 0.117 e. The van der Waals surface area contributed by atoms with E-state index in [0.29, 0.717) is 5.92 Å². The Balaban J connectivity index is 2.04. The second-order valence-electron chi connectivity index (χ2n) is 4.61. The Morgan fingerprint density at radius 3 is 3.00 bits per heavy atom. The predicted octanol–water partition coefficient (Wildman–Crippen LogP) is 2.19. The number of aromatic nitrogens is 2. The van der Waals surface area contributed by atoms with Crippen LogP contribution in [0, 0.1) is 5.92 Å². The zero-order valence-electron chi connectivity index (χ0n) is 10.1. The summed E-state index contributed by atoms with van der Waals surface area (Å²) in [6.07, 6.45) is 3.07. The highest BCUT2D eigenvalue weighted by Crippen LogP contribution is 2.19. The lowest BCUT2D eigenvalue weighted by atomic mass is 10.0. The fraction of sp³-hybridized carbons (Fsp3) is 0.462. The highest BCUT2D eigenvalue weighted by Gasteiger charge is 2.06. The monoisotopic (exact) mass is 233 g/mol. The normalized spacial score (nSPS) is 13.1. The number of hydrogen-bond acceptors (Lipinski definition) is 3. The van der Waals surface area contributed by atoms with Gasteiger partial charge >= 0.3 is 0 Å². The third-order valence-electron chi connectivity index (χ3n) is 3.05. The number of nitrogens with one attached hydrogen (secondary N) is 1. The summed E-state index contributed by atoms with van der Waals surface area (Å²) in [6, 6.07) is 5.19. The van der Waals surface area contributed by atoms with Gasteiger partial charge in [-0.15, -0.1) is 0 Å². The lowest BCUT2D eigenvalue weighted by Gasteiger charge is -2.07. The minimum atomic E-state index is 0.268. The van der Waals surface area contributed by atoms with Gasteiger partial charge in [0.2, 0.25) is 0 Å². The van der Waals surface area contributed by atoms with Gasteiger partial charge in [0, 0.05) is 12.5 Å². The first kappa shape index (κ1) is 11.9. The van der Waals surface area contributed by atoms with Crippen molar-refractivity contribution >= 4 is 11.0 Å². The van der Waals surface area contributed by atoms with Crippen LogP contribution in [0.15, 0.2) is 18.2 Å². The molecule has 0 amide bonds. The van der Waals surface area contributed by atoms with Crippen molar-refractivity contribution in [3.05, 3.63) is 24.0 Å². The summed E-state index contributed by atoms with van der Waals surface area (Å²) in [5.41, 5.74) is 7.33. The molecule has 4 N–H and O–H groups in total. The summed E-state index contributed by atoms with van der Waals surface area (Å²) in [7, 11) is 0. The third kappa shape index (κ3) is 2.97. The maximum absolute atomic E-state index is 9.37. The van der Waals surface area contributed by atoms with Crippen molar-refractivity contribution in [1.29, 1.82) is 0 Å². The fourth-order valence-corrected chi connectivity index (χ4v) is 1.98. The number of fused-ring (bicyclic) bond motifs is 1. The van der Waals surface area contributed by atoms with Crippen molar-refractivity contribution < 1.29 is 5.11 Å². The first-order chi connectivity index (χ1) is 8.19. The van der Waals surface area contributed by atoms with Gasteiger partial charge in [-0.3, -0.25) is 0 Å². The van der Waals surface area contributed by atoms with E-state index in [4.69, 9.17) is 5.73 Å². The highest BCUT2D eigenvalue weighted by molar-refractivity contribution is 5.76. The zero-order valence-corrected chi connectivity index (χ0v) is 10.1. The van der Waals surface area contributed by atoms with Gasteiger partial charge in [-0.1, -0.05) is 6.92 Å². The van der Waals surface area contributed by atoms with E-state index in [2.05, 4.69) is 16.9 Å². The molecule has 1 aromatic carbocycles. The molecule has 0 fully saturated rings. The number of benzene rings is 1.